The zero-order valence-electron chi connectivity index (χ0n) is 17.8. The van der Waals surface area contributed by atoms with Crippen LogP contribution in [0.25, 0.3) is 5.65 Å². The van der Waals surface area contributed by atoms with E-state index in [9.17, 15) is 9.59 Å². The van der Waals surface area contributed by atoms with Gasteiger partial charge in [-0.1, -0.05) is 36.4 Å². The zero-order chi connectivity index (χ0) is 21.6. The van der Waals surface area contributed by atoms with E-state index in [2.05, 4.69) is 15.5 Å². The second-order valence-corrected chi connectivity index (χ2v) is 7.97. The quantitative estimate of drug-likeness (QED) is 0.665. The van der Waals surface area contributed by atoms with E-state index >= 15 is 0 Å². The molecule has 0 aliphatic carbocycles. The molecule has 8 nitrogen and oxygen atoms in total. The molecule has 3 heterocycles. The highest BCUT2D eigenvalue weighted by Crippen LogP contribution is 2.27. The minimum Gasteiger partial charge on any atom is -0.343 e. The molecule has 0 atom stereocenters. The number of urea groups is 1. The molecule has 3 aromatic rings. The number of amides is 3. The Kier molecular flexibility index (Phi) is 6.45. The number of hydrogen-bond acceptors (Lipinski definition) is 4. The molecule has 0 spiro atoms. The van der Waals surface area contributed by atoms with Crippen LogP contribution in [-0.2, 0) is 11.3 Å². The molecule has 1 aliphatic rings. The van der Waals surface area contributed by atoms with Gasteiger partial charge in [-0.2, -0.15) is 0 Å². The molecular weight excluding hydrogens is 392 g/mol. The maximum Gasteiger partial charge on any atom is 0.317 e. The number of rotatable bonds is 6. The van der Waals surface area contributed by atoms with Gasteiger partial charge in [0.25, 0.3) is 0 Å². The summed E-state index contributed by atoms with van der Waals surface area (Å²) < 4.78 is 2.03. The van der Waals surface area contributed by atoms with E-state index in [0.717, 1.165) is 29.9 Å². The first-order chi connectivity index (χ1) is 15.1. The van der Waals surface area contributed by atoms with E-state index in [-0.39, 0.29) is 11.9 Å². The Labute approximate surface area is 181 Å². The number of likely N-dealkylation sites (tertiary alicyclic amines) is 1. The highest BCUT2D eigenvalue weighted by molar-refractivity contribution is 5.78. The number of piperidine rings is 1. The third-order valence-corrected chi connectivity index (χ3v) is 5.78. The minimum atomic E-state index is -0.172. The van der Waals surface area contributed by atoms with Crippen LogP contribution in [0.3, 0.4) is 0 Å². The number of fused-ring (bicyclic) bond motifs is 1. The number of pyridine rings is 1. The molecule has 1 N–H and O–H groups in total. The van der Waals surface area contributed by atoms with E-state index < -0.39 is 0 Å². The number of hydrogen-bond donors (Lipinski definition) is 1. The lowest BCUT2D eigenvalue weighted by Gasteiger charge is -2.31. The molecule has 1 fully saturated rings. The van der Waals surface area contributed by atoms with E-state index in [0.29, 0.717) is 38.5 Å². The number of nitrogens with zero attached hydrogens (tertiary/aromatic N) is 5. The fourth-order valence-corrected chi connectivity index (χ4v) is 4.02. The Morgan fingerprint density at radius 1 is 1.06 bits per heavy atom. The van der Waals surface area contributed by atoms with Gasteiger partial charge in [0.05, 0.1) is 0 Å². The summed E-state index contributed by atoms with van der Waals surface area (Å²) in [5, 5.41) is 11.4. The molecule has 0 bridgehead atoms. The minimum absolute atomic E-state index is 0.0792. The molecule has 4 rings (SSSR count). The van der Waals surface area contributed by atoms with Crippen molar-refractivity contribution in [2.45, 2.75) is 31.7 Å². The first-order valence-corrected chi connectivity index (χ1v) is 10.7. The van der Waals surface area contributed by atoms with Gasteiger partial charge >= 0.3 is 6.03 Å². The number of aromatic nitrogens is 3. The summed E-state index contributed by atoms with van der Waals surface area (Å²) in [5.74, 6) is 1.35. The summed E-state index contributed by atoms with van der Waals surface area (Å²) in [4.78, 5) is 28.3. The standard InChI is InChI=1S/C23H28N6O2/c1-27(17-18-7-3-2-4-8-18)23(31)24-13-10-21(30)28-15-11-19(12-16-28)22-26-25-20-9-5-6-14-29(20)22/h2-9,14,19H,10-13,15-17H2,1H3,(H,24,31). The van der Waals surface area contributed by atoms with Crippen molar-refractivity contribution in [1.29, 1.82) is 0 Å². The second-order valence-electron chi connectivity index (χ2n) is 7.97. The van der Waals surface area contributed by atoms with Crippen LogP contribution in [0.4, 0.5) is 4.79 Å². The third kappa shape index (κ3) is 5.02. The van der Waals surface area contributed by atoms with Gasteiger partial charge in [0.2, 0.25) is 5.91 Å². The fourth-order valence-electron chi connectivity index (χ4n) is 4.02. The van der Waals surface area contributed by atoms with Gasteiger partial charge in [-0.3, -0.25) is 9.20 Å². The average molecular weight is 421 g/mol. The first kappa shape index (κ1) is 20.8. The summed E-state index contributed by atoms with van der Waals surface area (Å²) in [6, 6.07) is 15.5. The van der Waals surface area contributed by atoms with Crippen molar-refractivity contribution < 1.29 is 9.59 Å². The lowest BCUT2D eigenvalue weighted by atomic mass is 9.96. The molecule has 2 aromatic heterocycles. The molecular formula is C23H28N6O2. The largest absolute Gasteiger partial charge is 0.343 e. The normalized spacial score (nSPS) is 14.5. The van der Waals surface area contributed by atoms with Crippen molar-refractivity contribution in [2.24, 2.45) is 0 Å². The van der Waals surface area contributed by atoms with Crippen molar-refractivity contribution >= 4 is 17.6 Å². The Morgan fingerprint density at radius 2 is 1.81 bits per heavy atom. The lowest BCUT2D eigenvalue weighted by Crippen LogP contribution is -2.41. The topological polar surface area (TPSA) is 82.8 Å². The Morgan fingerprint density at radius 3 is 2.58 bits per heavy atom. The summed E-state index contributed by atoms with van der Waals surface area (Å²) in [7, 11) is 1.75. The van der Waals surface area contributed by atoms with Crippen molar-refractivity contribution in [3.05, 3.63) is 66.1 Å². The third-order valence-electron chi connectivity index (χ3n) is 5.78. The highest BCUT2D eigenvalue weighted by atomic mass is 16.2. The van der Waals surface area contributed by atoms with Gasteiger partial charge in [-0.05, 0) is 30.5 Å². The monoisotopic (exact) mass is 420 g/mol. The summed E-state index contributed by atoms with van der Waals surface area (Å²) >= 11 is 0. The van der Waals surface area contributed by atoms with E-state index in [1.54, 1.807) is 11.9 Å². The summed E-state index contributed by atoms with van der Waals surface area (Å²) in [6.45, 7) is 2.27. The van der Waals surface area contributed by atoms with Gasteiger partial charge in [-0.25, -0.2) is 4.79 Å². The Hall–Kier alpha value is -3.42. The van der Waals surface area contributed by atoms with Crippen LogP contribution < -0.4 is 5.32 Å². The molecule has 0 radical (unpaired) electrons. The highest BCUT2D eigenvalue weighted by Gasteiger charge is 2.26. The van der Waals surface area contributed by atoms with Crippen LogP contribution in [0.5, 0.6) is 0 Å². The van der Waals surface area contributed by atoms with Gasteiger partial charge in [0, 0.05) is 51.8 Å². The smallest absolute Gasteiger partial charge is 0.317 e. The van der Waals surface area contributed by atoms with Crippen LogP contribution in [0.1, 0.15) is 36.6 Å². The SMILES string of the molecule is CN(Cc1ccccc1)C(=O)NCCC(=O)N1CCC(c2nnc3ccccn23)CC1. The molecule has 0 unspecified atom stereocenters. The van der Waals surface area contributed by atoms with Crippen molar-refractivity contribution in [3.8, 4) is 0 Å². The summed E-state index contributed by atoms with van der Waals surface area (Å²) in [6.07, 6.45) is 4.03. The second kappa shape index (κ2) is 9.59. The predicted molar refractivity (Wildman–Crippen MR) is 117 cm³/mol. The fraction of sp³-hybridized carbons (Fsp3) is 0.391. The maximum atomic E-state index is 12.6. The Bertz CT molecular complexity index is 1030. The Balaban J connectivity index is 1.20. The van der Waals surface area contributed by atoms with E-state index in [4.69, 9.17) is 0 Å². The average Bonchev–Trinajstić information content (AvgIpc) is 3.24. The van der Waals surface area contributed by atoms with Crippen LogP contribution in [0.15, 0.2) is 54.7 Å². The number of carbonyl (C=O) groups excluding carboxylic acids is 2. The maximum absolute atomic E-state index is 12.6. The van der Waals surface area contributed by atoms with Gasteiger partial charge in [0.1, 0.15) is 5.82 Å². The zero-order valence-corrected chi connectivity index (χ0v) is 17.8. The number of benzene rings is 1. The van der Waals surface area contributed by atoms with Crippen molar-refractivity contribution in [1.82, 2.24) is 29.7 Å². The van der Waals surface area contributed by atoms with Gasteiger partial charge < -0.3 is 15.1 Å². The molecule has 1 aliphatic heterocycles. The van der Waals surface area contributed by atoms with Gasteiger partial charge in [0.15, 0.2) is 5.65 Å². The number of nitrogens with one attached hydrogen (secondary N) is 1. The molecule has 1 saturated heterocycles. The van der Waals surface area contributed by atoms with E-state index in [1.165, 1.54) is 0 Å². The van der Waals surface area contributed by atoms with Gasteiger partial charge in [-0.15, -0.1) is 10.2 Å². The first-order valence-electron chi connectivity index (χ1n) is 10.7. The van der Waals surface area contributed by atoms with Crippen molar-refractivity contribution in [3.63, 3.8) is 0 Å². The lowest BCUT2D eigenvalue weighted by molar-refractivity contribution is -0.132. The van der Waals surface area contributed by atoms with E-state index in [1.807, 2.05) is 64.0 Å². The molecule has 162 valence electrons. The predicted octanol–water partition coefficient (Wildman–Crippen LogP) is 2.67. The van der Waals surface area contributed by atoms with Crippen LogP contribution in [0, 0.1) is 0 Å². The van der Waals surface area contributed by atoms with Crippen LogP contribution in [-0.4, -0.2) is 63.0 Å². The van der Waals surface area contributed by atoms with Crippen LogP contribution >= 0.6 is 0 Å². The summed E-state index contributed by atoms with van der Waals surface area (Å²) in [5.41, 5.74) is 1.92. The molecule has 3 amide bonds. The molecule has 0 saturated carbocycles. The molecule has 31 heavy (non-hydrogen) atoms. The van der Waals surface area contributed by atoms with Crippen molar-refractivity contribution in [2.75, 3.05) is 26.7 Å². The molecule has 8 heteroatoms. The number of carbonyl (C=O) groups is 2. The molecule has 1 aromatic carbocycles. The van der Waals surface area contributed by atoms with Crippen LogP contribution in [0.2, 0.25) is 0 Å².